The normalized spacial score (nSPS) is 11.7. The highest BCUT2D eigenvalue weighted by Crippen LogP contribution is 2.10. The molecule has 0 spiro atoms. The van der Waals surface area contributed by atoms with Gasteiger partial charge in [0.1, 0.15) is 4.64 Å². The second kappa shape index (κ2) is 3.10. The van der Waals surface area contributed by atoms with Gasteiger partial charge in [-0.2, -0.15) is 0 Å². The number of aromatic nitrogens is 2. The fourth-order valence-electron chi connectivity index (χ4n) is 1.07. The van der Waals surface area contributed by atoms with Crippen LogP contribution in [0.1, 0.15) is 26.3 Å². The Morgan fingerprint density at radius 1 is 1.46 bits per heavy atom. The molecule has 1 N–H and O–H groups in total. The minimum Gasteiger partial charge on any atom is -0.298 e. The number of nitrogens with zero attached hydrogens (tertiary/aromatic N) is 1. The number of hydrogen-bond donors (Lipinski definition) is 1. The number of aromatic amines is 1. The topological polar surface area (TPSA) is 37.8 Å². The lowest BCUT2D eigenvalue weighted by Crippen LogP contribution is -2.35. The molecule has 0 aliphatic heterocycles. The lowest BCUT2D eigenvalue weighted by molar-refractivity contribution is 0.376. The van der Waals surface area contributed by atoms with E-state index in [0.29, 0.717) is 4.64 Å². The van der Waals surface area contributed by atoms with Crippen molar-refractivity contribution in [2.45, 2.75) is 33.2 Å². The molecular formula is C9H14N2OS. The molecule has 4 heteroatoms. The molecule has 13 heavy (non-hydrogen) atoms. The van der Waals surface area contributed by atoms with E-state index >= 15 is 0 Å². The van der Waals surface area contributed by atoms with Crippen molar-refractivity contribution in [1.82, 2.24) is 9.55 Å². The minimum absolute atomic E-state index is 0.150. The van der Waals surface area contributed by atoms with Crippen LogP contribution in [-0.4, -0.2) is 9.55 Å². The third kappa shape index (κ3) is 2.06. The Morgan fingerprint density at radius 2 is 2.00 bits per heavy atom. The van der Waals surface area contributed by atoms with Gasteiger partial charge in [0, 0.05) is 17.3 Å². The molecule has 0 bridgehead atoms. The summed E-state index contributed by atoms with van der Waals surface area (Å²) in [5.74, 6) is 0. The lowest BCUT2D eigenvalue weighted by atomic mass is 10.1. The first-order valence-electron chi connectivity index (χ1n) is 4.15. The predicted octanol–water partition coefficient (Wildman–Crippen LogP) is 1.97. The maximum Gasteiger partial charge on any atom is 0.326 e. The van der Waals surface area contributed by atoms with E-state index in [1.165, 1.54) is 0 Å². The van der Waals surface area contributed by atoms with Gasteiger partial charge in [0.2, 0.25) is 0 Å². The SMILES string of the molecule is Cc1cn(C(C)(C)C)c(=O)[nH]c1=S. The maximum absolute atomic E-state index is 11.5. The Morgan fingerprint density at radius 3 is 2.46 bits per heavy atom. The standard InChI is InChI=1S/C9H14N2OS/c1-6-5-11(9(2,3)4)8(12)10-7(6)13/h5H,1-4H3,(H,10,12,13). The van der Waals surface area contributed by atoms with Gasteiger partial charge in [0.25, 0.3) is 0 Å². The zero-order valence-electron chi connectivity index (χ0n) is 8.34. The van der Waals surface area contributed by atoms with Crippen LogP contribution in [0.4, 0.5) is 0 Å². The first-order chi connectivity index (χ1) is 5.82. The Hall–Kier alpha value is -0.900. The summed E-state index contributed by atoms with van der Waals surface area (Å²) in [5.41, 5.74) is 0.564. The molecule has 0 aliphatic carbocycles. The highest BCUT2D eigenvalue weighted by Gasteiger charge is 2.14. The van der Waals surface area contributed by atoms with E-state index < -0.39 is 0 Å². The third-order valence-electron chi connectivity index (χ3n) is 1.84. The van der Waals surface area contributed by atoms with Crippen molar-refractivity contribution in [3.63, 3.8) is 0 Å². The summed E-state index contributed by atoms with van der Waals surface area (Å²) < 4.78 is 2.17. The van der Waals surface area contributed by atoms with E-state index in [-0.39, 0.29) is 11.2 Å². The van der Waals surface area contributed by atoms with E-state index in [1.807, 2.05) is 27.7 Å². The number of H-pyrrole nitrogens is 1. The Balaban J connectivity index is 3.51. The molecule has 0 radical (unpaired) electrons. The van der Waals surface area contributed by atoms with Crippen LogP contribution in [0.25, 0.3) is 0 Å². The van der Waals surface area contributed by atoms with Crippen molar-refractivity contribution >= 4 is 12.2 Å². The van der Waals surface area contributed by atoms with E-state index in [2.05, 4.69) is 4.98 Å². The summed E-state index contributed by atoms with van der Waals surface area (Å²) in [6, 6.07) is 0. The third-order valence-corrected chi connectivity index (χ3v) is 2.27. The lowest BCUT2D eigenvalue weighted by Gasteiger charge is -2.22. The summed E-state index contributed by atoms with van der Waals surface area (Å²) in [6.45, 7) is 7.82. The van der Waals surface area contributed by atoms with Crippen LogP contribution in [0, 0.1) is 11.6 Å². The summed E-state index contributed by atoms with van der Waals surface area (Å²) in [5, 5.41) is 0. The zero-order valence-corrected chi connectivity index (χ0v) is 9.16. The molecule has 3 nitrogen and oxygen atoms in total. The van der Waals surface area contributed by atoms with Gasteiger partial charge < -0.3 is 0 Å². The zero-order chi connectivity index (χ0) is 10.2. The predicted molar refractivity (Wildman–Crippen MR) is 55.6 cm³/mol. The average molecular weight is 198 g/mol. The van der Waals surface area contributed by atoms with Gasteiger partial charge in [-0.15, -0.1) is 0 Å². The van der Waals surface area contributed by atoms with Crippen LogP contribution < -0.4 is 5.69 Å². The number of rotatable bonds is 0. The van der Waals surface area contributed by atoms with E-state index in [9.17, 15) is 4.79 Å². The van der Waals surface area contributed by atoms with E-state index in [0.717, 1.165) is 5.56 Å². The summed E-state index contributed by atoms with van der Waals surface area (Å²) in [6.07, 6.45) is 1.79. The van der Waals surface area contributed by atoms with Gasteiger partial charge >= 0.3 is 5.69 Å². The molecule has 0 amide bonds. The highest BCUT2D eigenvalue weighted by atomic mass is 32.1. The Labute approximate surface area is 82.4 Å². The van der Waals surface area contributed by atoms with E-state index in [1.54, 1.807) is 10.8 Å². The monoisotopic (exact) mass is 198 g/mol. The molecule has 0 fully saturated rings. The Bertz CT molecular complexity index is 422. The van der Waals surface area contributed by atoms with Crippen LogP contribution in [0.3, 0.4) is 0 Å². The molecule has 72 valence electrons. The van der Waals surface area contributed by atoms with Gasteiger partial charge in [-0.1, -0.05) is 12.2 Å². The van der Waals surface area contributed by atoms with Crippen molar-refractivity contribution in [3.05, 3.63) is 26.9 Å². The molecule has 0 atom stereocenters. The number of nitrogens with one attached hydrogen (secondary N) is 1. The minimum atomic E-state index is -0.207. The molecule has 0 aromatic carbocycles. The van der Waals surface area contributed by atoms with Crippen molar-refractivity contribution in [2.24, 2.45) is 0 Å². The molecular weight excluding hydrogens is 184 g/mol. The van der Waals surface area contributed by atoms with Gasteiger partial charge in [0.05, 0.1) is 0 Å². The van der Waals surface area contributed by atoms with Crippen LogP contribution >= 0.6 is 12.2 Å². The second-order valence-electron chi connectivity index (χ2n) is 4.11. The van der Waals surface area contributed by atoms with E-state index in [4.69, 9.17) is 12.2 Å². The fourth-order valence-corrected chi connectivity index (χ4v) is 1.21. The van der Waals surface area contributed by atoms with Crippen LogP contribution in [0.5, 0.6) is 0 Å². The first-order valence-corrected chi connectivity index (χ1v) is 4.56. The van der Waals surface area contributed by atoms with Crippen molar-refractivity contribution in [3.8, 4) is 0 Å². The fraction of sp³-hybridized carbons (Fsp3) is 0.556. The largest absolute Gasteiger partial charge is 0.326 e. The van der Waals surface area contributed by atoms with Crippen LogP contribution in [0.15, 0.2) is 11.0 Å². The molecule has 1 aromatic rings. The summed E-state index contributed by atoms with van der Waals surface area (Å²) in [7, 11) is 0. The number of hydrogen-bond acceptors (Lipinski definition) is 2. The second-order valence-corrected chi connectivity index (χ2v) is 4.52. The molecule has 0 saturated carbocycles. The van der Waals surface area contributed by atoms with Crippen LogP contribution in [-0.2, 0) is 5.54 Å². The first kappa shape index (κ1) is 10.2. The van der Waals surface area contributed by atoms with Gasteiger partial charge in [-0.05, 0) is 27.7 Å². The molecule has 1 aromatic heterocycles. The molecule has 0 saturated heterocycles. The molecule has 1 rings (SSSR count). The molecule has 0 aliphatic rings. The van der Waals surface area contributed by atoms with Gasteiger partial charge in [-0.3, -0.25) is 9.55 Å². The smallest absolute Gasteiger partial charge is 0.298 e. The average Bonchev–Trinajstić information content (AvgIpc) is 1.94. The van der Waals surface area contributed by atoms with Gasteiger partial charge in [-0.25, -0.2) is 4.79 Å². The quantitative estimate of drug-likeness (QED) is 0.647. The number of aryl methyl sites for hydroxylation is 1. The van der Waals surface area contributed by atoms with Gasteiger partial charge in [0.15, 0.2) is 0 Å². The van der Waals surface area contributed by atoms with Crippen LogP contribution in [0.2, 0.25) is 0 Å². The molecule has 0 unspecified atom stereocenters. The molecule has 1 heterocycles. The summed E-state index contributed by atoms with van der Waals surface area (Å²) >= 11 is 4.95. The maximum atomic E-state index is 11.5. The highest BCUT2D eigenvalue weighted by molar-refractivity contribution is 7.71. The van der Waals surface area contributed by atoms with Crippen molar-refractivity contribution in [1.29, 1.82) is 0 Å². The van der Waals surface area contributed by atoms with Crippen molar-refractivity contribution in [2.75, 3.05) is 0 Å². The summed E-state index contributed by atoms with van der Waals surface area (Å²) in [4.78, 5) is 14.1. The van der Waals surface area contributed by atoms with Crippen molar-refractivity contribution < 1.29 is 0 Å². The Kier molecular flexibility index (Phi) is 2.43.